The van der Waals surface area contributed by atoms with E-state index in [-0.39, 0.29) is 10.5 Å². The van der Waals surface area contributed by atoms with Gasteiger partial charge in [0.2, 0.25) is 10.5 Å². The first kappa shape index (κ1) is 8.37. The number of carbonyl (C=O) groups excluding carboxylic acids is 1. The first-order chi connectivity index (χ1) is 3.95. The molecule has 5 nitrogen and oxygen atoms in total. The quantitative estimate of drug-likeness (QED) is 0.362. The van der Waals surface area contributed by atoms with Crippen molar-refractivity contribution in [3.05, 3.63) is 0 Å². The van der Waals surface area contributed by atoms with E-state index in [0.717, 1.165) is 0 Å². The summed E-state index contributed by atoms with van der Waals surface area (Å²) in [5, 5.41) is 0. The molecule has 0 rings (SSSR count). The third kappa shape index (κ3) is 5.23. The van der Waals surface area contributed by atoms with E-state index in [2.05, 4.69) is 8.61 Å². The van der Waals surface area contributed by atoms with Gasteiger partial charge in [-0.1, -0.05) is 3.89 Å². The van der Waals surface area contributed by atoms with Crippen LogP contribution in [0.3, 0.4) is 0 Å². The minimum atomic E-state index is -5.19. The molecule has 0 spiro atoms. The lowest BCUT2D eigenvalue weighted by Crippen LogP contribution is -2.08. The van der Waals surface area contributed by atoms with Crippen molar-refractivity contribution in [2.75, 3.05) is 0 Å². The average molecular weight is 174 g/mol. The summed E-state index contributed by atoms with van der Waals surface area (Å²) in [6.07, 6.45) is -1.54. The van der Waals surface area contributed by atoms with E-state index >= 15 is 0 Å². The lowest BCUT2D eigenvalue weighted by atomic mass is 11.5. The van der Waals surface area contributed by atoms with Crippen LogP contribution in [0.5, 0.6) is 0 Å². The number of hydrogen-bond acceptors (Lipinski definition) is 5. The van der Waals surface area contributed by atoms with Gasteiger partial charge in [0.25, 0.3) is 0 Å². The van der Waals surface area contributed by atoms with Gasteiger partial charge in [-0.3, -0.25) is 4.18 Å². The van der Waals surface area contributed by atoms with Crippen LogP contribution in [0.15, 0.2) is 0 Å². The van der Waals surface area contributed by atoms with Gasteiger partial charge < -0.3 is 4.43 Å². The molecule has 0 atom stereocenters. The maximum atomic E-state index is 11.3. The summed E-state index contributed by atoms with van der Waals surface area (Å²) < 4.78 is 37.0. The summed E-state index contributed by atoms with van der Waals surface area (Å²) in [6, 6.07) is 0. The van der Waals surface area contributed by atoms with E-state index in [0.29, 0.717) is 0 Å². The van der Waals surface area contributed by atoms with Gasteiger partial charge >= 0.3 is 16.7 Å². The van der Waals surface area contributed by atoms with E-state index in [1.165, 1.54) is 0 Å². The molecule has 0 aromatic rings. The monoisotopic (exact) mass is 174 g/mol. The molecule has 0 N–H and O–H groups in total. The first-order valence-electron chi connectivity index (χ1n) is 1.67. The highest BCUT2D eigenvalue weighted by Crippen LogP contribution is 1.94. The molecule has 0 bridgehead atoms. The smallest absolute Gasteiger partial charge is 0.498 e. The summed E-state index contributed by atoms with van der Waals surface area (Å²) in [5.41, 5.74) is 0. The predicted molar refractivity (Wildman–Crippen MR) is 27.5 cm³/mol. The third-order valence-electron chi connectivity index (χ3n) is 0.334. The van der Waals surface area contributed by atoms with Crippen molar-refractivity contribution in [1.82, 2.24) is 0 Å². The molecule has 54 valence electrons. The molecule has 0 aliphatic heterocycles. The van der Waals surface area contributed by atoms with E-state index in [1.54, 1.807) is 0 Å². The summed E-state index contributed by atoms with van der Waals surface area (Å²) in [7, 11) is -5.23. The zero-order chi connectivity index (χ0) is 7.49. The van der Waals surface area contributed by atoms with Crippen LogP contribution in [0.2, 0.25) is 0 Å². The summed E-state index contributed by atoms with van der Waals surface area (Å²) in [6.45, 7) is 0. The lowest BCUT2D eigenvalue weighted by molar-refractivity contribution is 0.155. The highest BCUT2D eigenvalue weighted by molar-refractivity contribution is 7.81. The number of hydrogen-bond donors (Lipinski definition) is 0. The molecule has 0 saturated carbocycles. The van der Waals surface area contributed by atoms with Crippen LogP contribution in [0.25, 0.3) is 0 Å². The Balaban J connectivity index is 3.91. The van der Waals surface area contributed by atoms with Crippen molar-refractivity contribution < 1.29 is 25.7 Å². The molecule has 9 heavy (non-hydrogen) atoms. The van der Waals surface area contributed by atoms with Gasteiger partial charge in [0, 0.05) is 0 Å². The fourth-order valence-corrected chi connectivity index (χ4v) is 0.550. The van der Waals surface area contributed by atoms with E-state index in [9.17, 15) is 17.1 Å². The average Bonchev–Trinajstić information content (AvgIpc) is 1.62. The summed E-state index contributed by atoms with van der Waals surface area (Å²) in [4.78, 5) is 9.80. The van der Waals surface area contributed by atoms with Crippen LogP contribution in [-0.4, -0.2) is 25.1 Å². The number of carbonyl (C=O) groups is 1. The molecule has 0 radical (unpaired) electrons. The molecular weight excluding hydrogens is 171 g/mol. The highest BCUT2D eigenvalue weighted by atomic mass is 32.3. The molecular formula is CH3FO5SSi. The second-order valence-corrected chi connectivity index (χ2v) is 2.29. The minimum Gasteiger partial charge on any atom is -0.498 e. The second-order valence-electron chi connectivity index (χ2n) is 0.931. The Labute approximate surface area is 53.7 Å². The molecule has 0 heterocycles. The third-order valence-corrected chi connectivity index (χ3v) is 1.00. The standard InChI is InChI=1S/CH3FO5SSi/c2-8(4,5)6-1(3)7-9/h9H3. The zero-order valence-electron chi connectivity index (χ0n) is 4.33. The van der Waals surface area contributed by atoms with Crippen LogP contribution in [-0.2, 0) is 19.1 Å². The Morgan fingerprint density at radius 1 is 1.56 bits per heavy atom. The SMILES string of the molecule is O=C(O[SiH3])OS(=O)(=O)F. The molecule has 0 unspecified atom stereocenters. The number of rotatable bonds is 1. The minimum absolute atomic E-state index is 0.0395. The van der Waals surface area contributed by atoms with Crippen LogP contribution in [0, 0.1) is 0 Å². The van der Waals surface area contributed by atoms with Crippen molar-refractivity contribution in [3.63, 3.8) is 0 Å². The zero-order valence-corrected chi connectivity index (χ0v) is 7.14. The van der Waals surface area contributed by atoms with Crippen LogP contribution in [0.1, 0.15) is 0 Å². The van der Waals surface area contributed by atoms with Crippen LogP contribution >= 0.6 is 0 Å². The fourth-order valence-electron chi connectivity index (χ4n) is 0.115. The van der Waals surface area contributed by atoms with Crippen molar-refractivity contribution in [2.45, 2.75) is 0 Å². The van der Waals surface area contributed by atoms with E-state index in [1.807, 2.05) is 0 Å². The maximum Gasteiger partial charge on any atom is 0.511 e. The van der Waals surface area contributed by atoms with Crippen molar-refractivity contribution in [2.24, 2.45) is 0 Å². The van der Waals surface area contributed by atoms with Gasteiger partial charge in [-0.05, 0) is 0 Å². The van der Waals surface area contributed by atoms with Crippen molar-refractivity contribution >= 4 is 27.1 Å². The Morgan fingerprint density at radius 2 is 2.00 bits per heavy atom. The molecule has 0 aromatic heterocycles. The van der Waals surface area contributed by atoms with Gasteiger partial charge in [0.05, 0.1) is 0 Å². The molecule has 0 fully saturated rings. The van der Waals surface area contributed by atoms with E-state index in [4.69, 9.17) is 0 Å². The first-order valence-corrected chi connectivity index (χ1v) is 3.80. The summed E-state index contributed by atoms with van der Waals surface area (Å²) in [5.74, 6) is 0. The summed E-state index contributed by atoms with van der Waals surface area (Å²) >= 11 is 0. The van der Waals surface area contributed by atoms with Crippen molar-refractivity contribution in [3.8, 4) is 0 Å². The predicted octanol–water partition coefficient (Wildman–Crippen LogP) is -1.37. The van der Waals surface area contributed by atoms with Gasteiger partial charge in [0.15, 0.2) is 0 Å². The van der Waals surface area contributed by atoms with Gasteiger partial charge in [-0.15, -0.1) is 0 Å². The Kier molecular flexibility index (Phi) is 2.58. The maximum absolute atomic E-state index is 11.3. The second kappa shape index (κ2) is 2.78. The van der Waals surface area contributed by atoms with Gasteiger partial charge in [-0.25, -0.2) is 4.79 Å². The van der Waals surface area contributed by atoms with E-state index < -0.39 is 16.7 Å². The molecule has 0 saturated heterocycles. The molecule has 8 heteroatoms. The van der Waals surface area contributed by atoms with Crippen molar-refractivity contribution in [1.29, 1.82) is 0 Å². The van der Waals surface area contributed by atoms with Gasteiger partial charge in [-0.2, -0.15) is 8.42 Å². The number of halogens is 1. The largest absolute Gasteiger partial charge is 0.511 e. The van der Waals surface area contributed by atoms with Gasteiger partial charge in [0.1, 0.15) is 0 Å². The molecule has 0 aliphatic carbocycles. The Bertz CT molecular complexity index is 195. The molecule has 0 aliphatic rings. The highest BCUT2D eigenvalue weighted by Gasteiger charge is 2.13. The lowest BCUT2D eigenvalue weighted by Gasteiger charge is -1.93. The normalized spacial score (nSPS) is 10.8. The molecule has 0 aromatic carbocycles. The Morgan fingerprint density at radius 3 is 2.11 bits per heavy atom. The topological polar surface area (TPSA) is 69.7 Å². The van der Waals surface area contributed by atoms with Crippen LogP contribution < -0.4 is 0 Å². The fraction of sp³-hybridized carbons (Fsp3) is 0. The van der Waals surface area contributed by atoms with Crippen LogP contribution in [0.4, 0.5) is 8.68 Å². The molecule has 0 amide bonds. The Hall–Kier alpha value is -0.633.